The Morgan fingerprint density at radius 1 is 1.09 bits per heavy atom. The molecule has 6 heteroatoms. The van der Waals surface area contributed by atoms with E-state index < -0.39 is 5.54 Å². The van der Waals surface area contributed by atoms with Gasteiger partial charge in [-0.1, -0.05) is 62.2 Å². The molecule has 3 atom stereocenters. The molecule has 0 radical (unpaired) electrons. The Hall–Kier alpha value is -3.15. The summed E-state index contributed by atoms with van der Waals surface area (Å²) in [4.78, 5) is 34.0. The minimum atomic E-state index is -0.971. The summed E-state index contributed by atoms with van der Waals surface area (Å²) in [5.41, 5.74) is 1.96. The SMILES string of the molecule is CC1CCCCC1NC(=O)C1(C)Cn2c(nc3ccccc32)C(=O)N1CCCc1ccccc1. The Labute approximate surface area is 201 Å². The van der Waals surface area contributed by atoms with Gasteiger partial charge < -0.3 is 14.8 Å². The average Bonchev–Trinajstić information content (AvgIpc) is 3.22. The molecule has 0 spiro atoms. The number of benzene rings is 2. The standard InChI is InChI=1S/C28H34N4O2/c1-20-11-6-7-15-22(20)30-27(34)28(2)19-31-24-17-9-8-16-23(24)29-25(31)26(33)32(28)18-10-14-21-12-4-3-5-13-21/h3-5,8-9,12-13,16-17,20,22H,6-7,10-11,14-15,18-19H2,1-2H3,(H,30,34). The molecule has 34 heavy (non-hydrogen) atoms. The quantitative estimate of drug-likeness (QED) is 0.588. The Morgan fingerprint density at radius 2 is 1.82 bits per heavy atom. The van der Waals surface area contributed by atoms with E-state index in [0.29, 0.717) is 24.8 Å². The summed E-state index contributed by atoms with van der Waals surface area (Å²) in [5.74, 6) is 0.668. The van der Waals surface area contributed by atoms with Crippen LogP contribution in [0.1, 0.15) is 62.1 Å². The van der Waals surface area contributed by atoms with Gasteiger partial charge in [0.1, 0.15) is 5.54 Å². The molecule has 1 aromatic heterocycles. The molecule has 2 amide bonds. The van der Waals surface area contributed by atoms with Crippen LogP contribution in [0.2, 0.25) is 0 Å². The smallest absolute Gasteiger partial charge is 0.290 e. The molecular formula is C28H34N4O2. The van der Waals surface area contributed by atoms with Gasteiger partial charge in [0.05, 0.1) is 17.6 Å². The lowest BCUT2D eigenvalue weighted by Crippen LogP contribution is -2.65. The van der Waals surface area contributed by atoms with Gasteiger partial charge in [-0.05, 0) is 56.2 Å². The zero-order valence-corrected chi connectivity index (χ0v) is 20.2. The highest BCUT2D eigenvalue weighted by atomic mass is 16.2. The number of aromatic nitrogens is 2. The topological polar surface area (TPSA) is 67.2 Å². The van der Waals surface area contributed by atoms with Crippen LogP contribution in [0.15, 0.2) is 54.6 Å². The predicted molar refractivity (Wildman–Crippen MR) is 134 cm³/mol. The first-order chi connectivity index (χ1) is 16.5. The summed E-state index contributed by atoms with van der Waals surface area (Å²) < 4.78 is 1.94. The van der Waals surface area contributed by atoms with Crippen molar-refractivity contribution < 1.29 is 9.59 Å². The lowest BCUT2D eigenvalue weighted by molar-refractivity contribution is -0.134. The van der Waals surface area contributed by atoms with Crippen molar-refractivity contribution in [3.05, 3.63) is 66.0 Å². The molecule has 178 valence electrons. The molecule has 2 aliphatic rings. The van der Waals surface area contributed by atoms with Gasteiger partial charge in [-0.25, -0.2) is 4.98 Å². The first-order valence-electron chi connectivity index (χ1n) is 12.6. The molecule has 1 N–H and O–H groups in total. The molecule has 1 aliphatic carbocycles. The molecule has 3 unspecified atom stereocenters. The normalized spacial score (nSPS) is 24.8. The van der Waals surface area contributed by atoms with E-state index in [2.05, 4.69) is 29.4 Å². The number of amides is 2. The van der Waals surface area contributed by atoms with Crippen molar-refractivity contribution >= 4 is 22.8 Å². The number of carbonyl (C=O) groups excluding carboxylic acids is 2. The number of imidazole rings is 1. The van der Waals surface area contributed by atoms with Crippen molar-refractivity contribution in [3.63, 3.8) is 0 Å². The number of para-hydroxylation sites is 2. The molecule has 1 fully saturated rings. The summed E-state index contributed by atoms with van der Waals surface area (Å²) in [6.45, 7) is 5.07. The molecular weight excluding hydrogens is 424 g/mol. The maximum absolute atomic E-state index is 13.9. The second-order valence-corrected chi connectivity index (χ2v) is 10.2. The fourth-order valence-corrected chi connectivity index (χ4v) is 5.62. The van der Waals surface area contributed by atoms with E-state index in [1.165, 1.54) is 12.0 Å². The first kappa shape index (κ1) is 22.6. The molecule has 1 saturated carbocycles. The van der Waals surface area contributed by atoms with Crippen LogP contribution in [0.3, 0.4) is 0 Å². The van der Waals surface area contributed by atoms with Gasteiger partial charge >= 0.3 is 0 Å². The summed E-state index contributed by atoms with van der Waals surface area (Å²) in [5, 5.41) is 3.34. The fraction of sp³-hybridized carbons (Fsp3) is 0.464. The lowest BCUT2D eigenvalue weighted by atomic mass is 9.85. The number of carbonyl (C=O) groups is 2. The van der Waals surface area contributed by atoms with Crippen LogP contribution < -0.4 is 5.32 Å². The van der Waals surface area contributed by atoms with E-state index >= 15 is 0 Å². The Morgan fingerprint density at radius 3 is 2.62 bits per heavy atom. The van der Waals surface area contributed by atoms with Crippen molar-refractivity contribution in [2.24, 2.45) is 5.92 Å². The van der Waals surface area contributed by atoms with Gasteiger partial charge in [-0.15, -0.1) is 0 Å². The van der Waals surface area contributed by atoms with Crippen LogP contribution >= 0.6 is 0 Å². The molecule has 6 nitrogen and oxygen atoms in total. The van der Waals surface area contributed by atoms with Gasteiger partial charge in [0, 0.05) is 12.6 Å². The third-order valence-corrected chi connectivity index (χ3v) is 7.76. The van der Waals surface area contributed by atoms with E-state index in [1.807, 2.05) is 54.0 Å². The van der Waals surface area contributed by atoms with Gasteiger partial charge in [0.15, 0.2) is 5.82 Å². The van der Waals surface area contributed by atoms with Gasteiger partial charge in [0.25, 0.3) is 5.91 Å². The Balaban J connectivity index is 1.45. The van der Waals surface area contributed by atoms with Crippen molar-refractivity contribution in [1.29, 1.82) is 0 Å². The maximum atomic E-state index is 13.9. The highest BCUT2D eigenvalue weighted by Crippen LogP contribution is 2.32. The predicted octanol–water partition coefficient (Wildman–Crippen LogP) is 4.58. The third-order valence-electron chi connectivity index (χ3n) is 7.76. The van der Waals surface area contributed by atoms with Gasteiger partial charge in [-0.3, -0.25) is 9.59 Å². The van der Waals surface area contributed by atoms with Crippen LogP contribution in [0.25, 0.3) is 11.0 Å². The highest BCUT2D eigenvalue weighted by Gasteiger charge is 2.48. The largest absolute Gasteiger partial charge is 0.351 e. The van der Waals surface area contributed by atoms with E-state index in [4.69, 9.17) is 0 Å². The van der Waals surface area contributed by atoms with Crippen LogP contribution in [0.5, 0.6) is 0 Å². The lowest BCUT2D eigenvalue weighted by Gasteiger charge is -2.45. The monoisotopic (exact) mass is 458 g/mol. The Bertz CT molecular complexity index is 1190. The van der Waals surface area contributed by atoms with Crippen LogP contribution in [0.4, 0.5) is 0 Å². The number of hydrogen-bond acceptors (Lipinski definition) is 3. The molecule has 2 heterocycles. The van der Waals surface area contributed by atoms with Crippen molar-refractivity contribution in [2.45, 2.75) is 70.5 Å². The molecule has 0 bridgehead atoms. The summed E-state index contributed by atoms with van der Waals surface area (Å²) in [6.07, 6.45) is 6.15. The van der Waals surface area contributed by atoms with Crippen molar-refractivity contribution in [3.8, 4) is 0 Å². The van der Waals surface area contributed by atoms with Crippen LogP contribution in [-0.4, -0.2) is 44.4 Å². The van der Waals surface area contributed by atoms with Crippen LogP contribution in [-0.2, 0) is 17.8 Å². The molecule has 0 saturated heterocycles. The number of nitrogens with one attached hydrogen (secondary N) is 1. The van der Waals surface area contributed by atoms with Crippen molar-refractivity contribution in [2.75, 3.05) is 6.54 Å². The van der Waals surface area contributed by atoms with Crippen molar-refractivity contribution in [1.82, 2.24) is 19.8 Å². The number of fused-ring (bicyclic) bond motifs is 3. The Kier molecular flexibility index (Phi) is 6.15. The summed E-state index contributed by atoms with van der Waals surface area (Å²) in [7, 11) is 0. The first-order valence-corrected chi connectivity index (χ1v) is 12.6. The molecule has 5 rings (SSSR count). The fourth-order valence-electron chi connectivity index (χ4n) is 5.62. The number of nitrogens with zero attached hydrogens (tertiary/aromatic N) is 3. The van der Waals surface area contributed by atoms with E-state index in [-0.39, 0.29) is 17.9 Å². The number of aryl methyl sites for hydroxylation is 1. The maximum Gasteiger partial charge on any atom is 0.290 e. The van der Waals surface area contributed by atoms with E-state index in [1.54, 1.807) is 4.90 Å². The van der Waals surface area contributed by atoms with E-state index in [9.17, 15) is 9.59 Å². The second kappa shape index (κ2) is 9.24. The number of rotatable bonds is 6. The summed E-state index contributed by atoms with van der Waals surface area (Å²) in [6, 6.07) is 18.2. The molecule has 1 aliphatic heterocycles. The summed E-state index contributed by atoms with van der Waals surface area (Å²) >= 11 is 0. The van der Waals surface area contributed by atoms with Crippen LogP contribution in [0, 0.1) is 5.92 Å². The van der Waals surface area contributed by atoms with E-state index in [0.717, 1.165) is 43.1 Å². The number of hydrogen-bond donors (Lipinski definition) is 1. The minimum absolute atomic E-state index is 0.0530. The zero-order chi connectivity index (χ0) is 23.7. The van der Waals surface area contributed by atoms with Gasteiger partial charge in [0.2, 0.25) is 5.91 Å². The van der Waals surface area contributed by atoms with Gasteiger partial charge in [-0.2, -0.15) is 0 Å². The highest BCUT2D eigenvalue weighted by molar-refractivity contribution is 6.01. The minimum Gasteiger partial charge on any atom is -0.351 e. The average molecular weight is 459 g/mol. The second-order valence-electron chi connectivity index (χ2n) is 10.2. The third kappa shape index (κ3) is 4.10. The zero-order valence-electron chi connectivity index (χ0n) is 20.2. The molecule has 3 aromatic rings. The molecule has 2 aromatic carbocycles.